The van der Waals surface area contributed by atoms with Gasteiger partial charge in [-0.25, -0.2) is 0 Å². The number of halogens is 1. The van der Waals surface area contributed by atoms with Gasteiger partial charge in [0.05, 0.1) is 12.2 Å². The minimum Gasteiger partial charge on any atom is -0.352 e. The number of nitrogens with one attached hydrogen (secondary N) is 2. The van der Waals surface area contributed by atoms with E-state index in [1.54, 1.807) is 7.05 Å². The molecule has 0 bridgehead atoms. The van der Waals surface area contributed by atoms with E-state index in [1.165, 1.54) is 11.1 Å². The van der Waals surface area contributed by atoms with Crippen LogP contribution in [0.25, 0.3) is 0 Å². The van der Waals surface area contributed by atoms with E-state index in [1.807, 2.05) is 31.7 Å². The molecule has 1 amide bonds. The highest BCUT2D eigenvalue weighted by Gasteiger charge is 2.28. The van der Waals surface area contributed by atoms with E-state index in [2.05, 4.69) is 51.5 Å². The van der Waals surface area contributed by atoms with Crippen LogP contribution in [0.2, 0.25) is 0 Å². The number of likely N-dealkylation sites (tertiary alicyclic amines) is 1. The Morgan fingerprint density at radius 2 is 1.97 bits per heavy atom. The first-order chi connectivity index (χ1) is 14.4. The number of aryl methyl sites for hydroxylation is 1. The van der Waals surface area contributed by atoms with E-state index in [9.17, 15) is 4.79 Å². The summed E-state index contributed by atoms with van der Waals surface area (Å²) in [6.45, 7) is 11.0. The topological polar surface area (TPSA) is 74.6 Å². The van der Waals surface area contributed by atoms with Crippen LogP contribution in [0.5, 0.6) is 0 Å². The van der Waals surface area contributed by atoms with Crippen molar-refractivity contribution in [1.82, 2.24) is 25.3 Å². The lowest BCUT2D eigenvalue weighted by molar-refractivity contribution is -0.133. The molecule has 1 unspecified atom stereocenters. The highest BCUT2D eigenvalue weighted by Crippen LogP contribution is 2.15. The molecular formula is C23H35IN6O. The monoisotopic (exact) mass is 538 g/mol. The Labute approximate surface area is 202 Å². The van der Waals surface area contributed by atoms with Gasteiger partial charge in [0, 0.05) is 49.9 Å². The fourth-order valence-electron chi connectivity index (χ4n) is 3.90. The molecule has 7 nitrogen and oxygen atoms in total. The van der Waals surface area contributed by atoms with Gasteiger partial charge in [-0.3, -0.25) is 14.5 Å². The lowest BCUT2D eigenvalue weighted by Gasteiger charge is -2.20. The quantitative estimate of drug-likeness (QED) is 0.337. The van der Waals surface area contributed by atoms with Gasteiger partial charge in [-0.2, -0.15) is 5.10 Å². The van der Waals surface area contributed by atoms with E-state index < -0.39 is 0 Å². The minimum absolute atomic E-state index is 0. The summed E-state index contributed by atoms with van der Waals surface area (Å²) in [5.74, 6) is 1.02. The molecule has 0 spiro atoms. The fourth-order valence-corrected chi connectivity index (χ4v) is 3.90. The molecule has 0 aliphatic carbocycles. The number of carbonyl (C=O) groups excluding carboxylic acids is 1. The van der Waals surface area contributed by atoms with Crippen molar-refractivity contribution >= 4 is 35.8 Å². The van der Waals surface area contributed by atoms with Crippen LogP contribution < -0.4 is 10.6 Å². The molecule has 0 radical (unpaired) electrons. The van der Waals surface area contributed by atoms with Gasteiger partial charge in [0.1, 0.15) is 0 Å². The van der Waals surface area contributed by atoms with Crippen molar-refractivity contribution in [3.05, 3.63) is 52.8 Å². The molecule has 1 aromatic carbocycles. The van der Waals surface area contributed by atoms with Crippen molar-refractivity contribution in [3.8, 4) is 0 Å². The molecule has 2 aromatic rings. The number of aliphatic imine (C=N–C) groups is 1. The number of guanidine groups is 1. The third kappa shape index (κ3) is 6.44. The summed E-state index contributed by atoms with van der Waals surface area (Å²) < 4.78 is 2.06. The molecule has 170 valence electrons. The van der Waals surface area contributed by atoms with Gasteiger partial charge in [-0.15, -0.1) is 24.0 Å². The number of hydrogen-bond donors (Lipinski definition) is 2. The molecule has 1 fully saturated rings. The second-order valence-electron chi connectivity index (χ2n) is 8.29. The lowest BCUT2D eigenvalue weighted by atomic mass is 10.2. The Morgan fingerprint density at radius 1 is 1.26 bits per heavy atom. The maximum Gasteiger partial charge on any atom is 0.225 e. The first kappa shape index (κ1) is 25.2. The van der Waals surface area contributed by atoms with Crippen molar-refractivity contribution in [3.63, 3.8) is 0 Å². The fraction of sp³-hybridized carbons (Fsp3) is 0.522. The molecule has 2 N–H and O–H groups in total. The van der Waals surface area contributed by atoms with E-state index in [4.69, 9.17) is 5.10 Å². The van der Waals surface area contributed by atoms with Crippen molar-refractivity contribution < 1.29 is 4.79 Å². The Morgan fingerprint density at radius 3 is 2.61 bits per heavy atom. The standard InChI is InChI=1S/C23H34N6O.HI/c1-16(2)22(30)28-12-11-20(15-28)26-23(24-5)25-13-21-17(3)27-29(18(21)4)14-19-9-7-6-8-10-19;/h6-10,16,20H,11-15H2,1-5H3,(H2,24,25,26);1H. The van der Waals surface area contributed by atoms with Gasteiger partial charge in [-0.1, -0.05) is 44.2 Å². The SMILES string of the molecule is CN=C(NCc1c(C)nn(Cc2ccccc2)c1C)NC1CCN(C(=O)C(C)C)C1.I. The third-order valence-electron chi connectivity index (χ3n) is 5.70. The van der Waals surface area contributed by atoms with Crippen LogP contribution in [0.15, 0.2) is 35.3 Å². The molecule has 31 heavy (non-hydrogen) atoms. The van der Waals surface area contributed by atoms with E-state index in [0.29, 0.717) is 6.54 Å². The lowest BCUT2D eigenvalue weighted by Crippen LogP contribution is -2.45. The second-order valence-corrected chi connectivity index (χ2v) is 8.29. The summed E-state index contributed by atoms with van der Waals surface area (Å²) in [6.07, 6.45) is 0.937. The number of aromatic nitrogens is 2. The van der Waals surface area contributed by atoms with Crippen LogP contribution in [0, 0.1) is 19.8 Å². The first-order valence-electron chi connectivity index (χ1n) is 10.7. The van der Waals surface area contributed by atoms with E-state index in [0.717, 1.165) is 43.4 Å². The van der Waals surface area contributed by atoms with E-state index >= 15 is 0 Å². The predicted octanol–water partition coefficient (Wildman–Crippen LogP) is 3.09. The molecule has 1 aromatic heterocycles. The van der Waals surface area contributed by atoms with Crippen LogP contribution in [0.4, 0.5) is 0 Å². The number of amides is 1. The average molecular weight is 538 g/mol. The Kier molecular flexibility index (Phi) is 9.33. The summed E-state index contributed by atoms with van der Waals surface area (Å²) in [5, 5.41) is 11.6. The van der Waals surface area contributed by atoms with E-state index in [-0.39, 0.29) is 41.8 Å². The molecular weight excluding hydrogens is 503 g/mol. The summed E-state index contributed by atoms with van der Waals surface area (Å²) in [6, 6.07) is 10.6. The predicted molar refractivity (Wildman–Crippen MR) is 136 cm³/mol. The second kappa shape index (κ2) is 11.5. The van der Waals surface area contributed by atoms with Crippen molar-refractivity contribution in [1.29, 1.82) is 0 Å². The number of benzene rings is 1. The number of hydrogen-bond acceptors (Lipinski definition) is 3. The highest BCUT2D eigenvalue weighted by atomic mass is 127. The number of nitrogens with zero attached hydrogens (tertiary/aromatic N) is 4. The molecule has 1 saturated heterocycles. The first-order valence-corrected chi connectivity index (χ1v) is 10.7. The van der Waals surface area contributed by atoms with Crippen LogP contribution in [-0.2, 0) is 17.9 Å². The zero-order chi connectivity index (χ0) is 21.7. The Bertz CT molecular complexity index is 893. The molecule has 8 heteroatoms. The number of rotatable bonds is 6. The molecule has 1 aliphatic heterocycles. The summed E-state index contributed by atoms with van der Waals surface area (Å²) in [7, 11) is 1.78. The molecule has 2 heterocycles. The average Bonchev–Trinajstić information content (AvgIpc) is 3.30. The van der Waals surface area contributed by atoms with Crippen molar-refractivity contribution in [2.45, 2.75) is 53.2 Å². The van der Waals surface area contributed by atoms with Crippen LogP contribution in [0.1, 0.15) is 42.8 Å². The van der Waals surface area contributed by atoms with Crippen molar-refractivity contribution in [2.75, 3.05) is 20.1 Å². The molecule has 1 atom stereocenters. The van der Waals surface area contributed by atoms with Crippen LogP contribution in [0.3, 0.4) is 0 Å². The van der Waals surface area contributed by atoms with Crippen molar-refractivity contribution in [2.24, 2.45) is 10.9 Å². The van der Waals surface area contributed by atoms with Gasteiger partial charge in [0.2, 0.25) is 5.91 Å². The summed E-state index contributed by atoms with van der Waals surface area (Å²) in [4.78, 5) is 18.5. The van der Waals surface area contributed by atoms with Gasteiger partial charge in [-0.05, 0) is 25.8 Å². The van der Waals surface area contributed by atoms with Gasteiger partial charge in [0.15, 0.2) is 5.96 Å². The largest absolute Gasteiger partial charge is 0.352 e. The van der Waals surface area contributed by atoms with Gasteiger partial charge < -0.3 is 15.5 Å². The third-order valence-corrected chi connectivity index (χ3v) is 5.70. The molecule has 0 saturated carbocycles. The van der Waals surface area contributed by atoms with Crippen LogP contribution >= 0.6 is 24.0 Å². The van der Waals surface area contributed by atoms with Gasteiger partial charge in [0.25, 0.3) is 0 Å². The maximum atomic E-state index is 12.2. The van der Waals surface area contributed by atoms with Gasteiger partial charge >= 0.3 is 0 Å². The summed E-state index contributed by atoms with van der Waals surface area (Å²) in [5.41, 5.74) is 4.62. The zero-order valence-electron chi connectivity index (χ0n) is 19.2. The van der Waals surface area contributed by atoms with Crippen LogP contribution in [-0.4, -0.2) is 52.7 Å². The Hall–Kier alpha value is -2.10. The highest BCUT2D eigenvalue weighted by molar-refractivity contribution is 14.0. The maximum absolute atomic E-state index is 12.2. The normalized spacial score (nSPS) is 16.4. The minimum atomic E-state index is 0. The zero-order valence-corrected chi connectivity index (χ0v) is 21.5. The molecule has 1 aliphatic rings. The summed E-state index contributed by atoms with van der Waals surface area (Å²) >= 11 is 0. The smallest absolute Gasteiger partial charge is 0.225 e. The Balaban J connectivity index is 0.00000341. The number of carbonyl (C=O) groups is 1. The molecule has 3 rings (SSSR count).